The fourth-order valence-electron chi connectivity index (χ4n) is 3.51. The molecule has 0 aromatic rings. The van der Waals surface area contributed by atoms with E-state index in [1.54, 1.807) is 0 Å². The molecule has 2 N–H and O–H groups in total. The monoisotopic (exact) mass is 302 g/mol. The summed E-state index contributed by atoms with van der Waals surface area (Å²) in [4.78, 5) is 11.8. The number of piperidine rings is 1. The Morgan fingerprint density at radius 1 is 1.00 bits per heavy atom. The summed E-state index contributed by atoms with van der Waals surface area (Å²) in [6.45, 7) is 3.16. The lowest BCUT2D eigenvalue weighted by molar-refractivity contribution is -0.121. The van der Waals surface area contributed by atoms with E-state index in [-0.39, 0.29) is 18.3 Å². The molecule has 2 rings (SSSR count). The maximum atomic E-state index is 11.8. The Balaban J connectivity index is 0.00000200. The van der Waals surface area contributed by atoms with Gasteiger partial charge >= 0.3 is 0 Å². The van der Waals surface area contributed by atoms with E-state index in [0.717, 1.165) is 44.3 Å². The Kier molecular flexibility index (Phi) is 9.28. The fourth-order valence-corrected chi connectivity index (χ4v) is 3.51. The summed E-state index contributed by atoms with van der Waals surface area (Å²) < 4.78 is 0. The molecule has 4 heteroatoms. The minimum absolute atomic E-state index is 0. The second kappa shape index (κ2) is 10.4. The highest BCUT2D eigenvalue weighted by molar-refractivity contribution is 5.85. The molecule has 1 amide bonds. The Hall–Kier alpha value is -0.280. The van der Waals surface area contributed by atoms with Crippen molar-refractivity contribution in [2.45, 2.75) is 64.2 Å². The van der Waals surface area contributed by atoms with Crippen LogP contribution in [0.5, 0.6) is 0 Å². The minimum atomic E-state index is 0. The highest BCUT2D eigenvalue weighted by Crippen LogP contribution is 2.28. The van der Waals surface area contributed by atoms with E-state index in [1.165, 1.54) is 51.4 Å². The summed E-state index contributed by atoms with van der Waals surface area (Å²) in [5.74, 6) is 1.99. The Morgan fingerprint density at radius 2 is 1.65 bits per heavy atom. The number of amides is 1. The van der Waals surface area contributed by atoms with Crippen LogP contribution < -0.4 is 10.6 Å². The second-order valence-electron chi connectivity index (χ2n) is 6.37. The maximum absolute atomic E-state index is 11.8. The molecule has 0 aromatic heterocycles. The molecular weight excluding hydrogens is 272 g/mol. The minimum Gasteiger partial charge on any atom is -0.356 e. The zero-order valence-electron chi connectivity index (χ0n) is 12.7. The third-order valence-electron chi connectivity index (χ3n) is 4.82. The van der Waals surface area contributed by atoms with Crippen molar-refractivity contribution in [1.29, 1.82) is 0 Å². The van der Waals surface area contributed by atoms with Crippen molar-refractivity contribution in [1.82, 2.24) is 10.6 Å². The van der Waals surface area contributed by atoms with Crippen LogP contribution in [0, 0.1) is 11.8 Å². The topological polar surface area (TPSA) is 41.1 Å². The smallest absolute Gasteiger partial charge is 0.220 e. The average Bonchev–Trinajstić information content (AvgIpc) is 2.96. The van der Waals surface area contributed by atoms with E-state index in [9.17, 15) is 4.79 Å². The summed E-state index contributed by atoms with van der Waals surface area (Å²) in [6.07, 6.45) is 12.5. The van der Waals surface area contributed by atoms with Gasteiger partial charge in [0.2, 0.25) is 5.91 Å². The number of carbonyl (C=O) groups is 1. The van der Waals surface area contributed by atoms with Gasteiger partial charge in [0, 0.05) is 13.0 Å². The lowest BCUT2D eigenvalue weighted by Crippen LogP contribution is -2.29. The van der Waals surface area contributed by atoms with E-state index >= 15 is 0 Å². The molecule has 0 unspecified atom stereocenters. The van der Waals surface area contributed by atoms with Crippen LogP contribution in [0.25, 0.3) is 0 Å². The van der Waals surface area contributed by atoms with E-state index in [1.807, 2.05) is 0 Å². The number of hydrogen-bond donors (Lipinski definition) is 2. The van der Waals surface area contributed by atoms with E-state index < -0.39 is 0 Å². The number of carbonyl (C=O) groups excluding carboxylic acids is 1. The summed E-state index contributed by atoms with van der Waals surface area (Å²) in [5.41, 5.74) is 0. The van der Waals surface area contributed by atoms with Gasteiger partial charge in [-0.2, -0.15) is 0 Å². The van der Waals surface area contributed by atoms with E-state index in [2.05, 4.69) is 10.6 Å². The molecule has 0 bridgehead atoms. The van der Waals surface area contributed by atoms with Gasteiger partial charge in [0.25, 0.3) is 0 Å². The summed E-state index contributed by atoms with van der Waals surface area (Å²) in [5, 5.41) is 6.46. The first kappa shape index (κ1) is 17.8. The van der Waals surface area contributed by atoms with Crippen LogP contribution in [0.2, 0.25) is 0 Å². The molecule has 2 fully saturated rings. The van der Waals surface area contributed by atoms with Gasteiger partial charge in [-0.1, -0.05) is 25.7 Å². The zero-order valence-corrected chi connectivity index (χ0v) is 13.5. The second-order valence-corrected chi connectivity index (χ2v) is 6.37. The molecule has 0 aromatic carbocycles. The Labute approximate surface area is 130 Å². The van der Waals surface area contributed by atoms with Gasteiger partial charge in [-0.25, -0.2) is 0 Å². The van der Waals surface area contributed by atoms with Crippen molar-refractivity contribution in [2.24, 2.45) is 11.8 Å². The normalized spacial score (nSPS) is 20.6. The van der Waals surface area contributed by atoms with E-state index in [4.69, 9.17) is 0 Å². The molecule has 118 valence electrons. The van der Waals surface area contributed by atoms with E-state index in [0.29, 0.717) is 0 Å². The largest absolute Gasteiger partial charge is 0.356 e. The SMILES string of the molecule is Cl.O=C(CCC1CCNCC1)NCCCC1CCCC1. The zero-order chi connectivity index (χ0) is 13.3. The summed E-state index contributed by atoms with van der Waals surface area (Å²) in [6, 6.07) is 0. The highest BCUT2D eigenvalue weighted by atomic mass is 35.5. The van der Waals surface area contributed by atoms with Gasteiger partial charge in [-0.3, -0.25) is 4.79 Å². The standard InChI is InChI=1S/C16H30N2O.ClH/c19-16(8-7-15-9-12-17-13-10-15)18-11-3-6-14-4-1-2-5-14;/h14-15,17H,1-13H2,(H,18,19);1H. The van der Waals surface area contributed by atoms with Crippen molar-refractivity contribution in [2.75, 3.05) is 19.6 Å². The van der Waals surface area contributed by atoms with Crippen molar-refractivity contribution in [3.05, 3.63) is 0 Å². The molecule has 0 radical (unpaired) electrons. The molecule has 20 heavy (non-hydrogen) atoms. The van der Waals surface area contributed by atoms with Crippen LogP contribution in [0.3, 0.4) is 0 Å². The highest BCUT2D eigenvalue weighted by Gasteiger charge is 2.15. The quantitative estimate of drug-likeness (QED) is 0.709. The third-order valence-corrected chi connectivity index (χ3v) is 4.82. The van der Waals surface area contributed by atoms with Crippen molar-refractivity contribution < 1.29 is 4.79 Å². The Bertz CT molecular complexity index is 261. The van der Waals surface area contributed by atoms with Crippen LogP contribution in [0.15, 0.2) is 0 Å². The predicted molar refractivity (Wildman–Crippen MR) is 86.3 cm³/mol. The molecule has 1 aliphatic carbocycles. The van der Waals surface area contributed by atoms with Gasteiger partial charge in [-0.15, -0.1) is 12.4 Å². The lowest BCUT2D eigenvalue weighted by atomic mass is 9.93. The average molecular weight is 303 g/mol. The maximum Gasteiger partial charge on any atom is 0.220 e. The lowest BCUT2D eigenvalue weighted by Gasteiger charge is -2.22. The van der Waals surface area contributed by atoms with Crippen LogP contribution >= 0.6 is 12.4 Å². The molecule has 1 heterocycles. The van der Waals surface area contributed by atoms with Gasteiger partial charge < -0.3 is 10.6 Å². The molecule has 0 atom stereocenters. The molecule has 1 saturated heterocycles. The van der Waals surface area contributed by atoms with Crippen LogP contribution in [-0.4, -0.2) is 25.5 Å². The number of hydrogen-bond acceptors (Lipinski definition) is 2. The van der Waals surface area contributed by atoms with Crippen molar-refractivity contribution >= 4 is 18.3 Å². The van der Waals surface area contributed by atoms with Crippen LogP contribution in [0.4, 0.5) is 0 Å². The van der Waals surface area contributed by atoms with Gasteiger partial charge in [0.05, 0.1) is 0 Å². The van der Waals surface area contributed by atoms with Crippen molar-refractivity contribution in [3.8, 4) is 0 Å². The predicted octanol–water partition coefficient (Wildman–Crippen LogP) is 3.27. The fraction of sp³-hybridized carbons (Fsp3) is 0.938. The molecular formula is C16H31ClN2O. The first-order valence-corrected chi connectivity index (χ1v) is 8.32. The molecule has 1 saturated carbocycles. The molecule has 1 aliphatic heterocycles. The number of nitrogens with one attached hydrogen (secondary N) is 2. The van der Waals surface area contributed by atoms with Crippen LogP contribution in [-0.2, 0) is 4.79 Å². The molecule has 2 aliphatic rings. The van der Waals surface area contributed by atoms with Crippen molar-refractivity contribution in [3.63, 3.8) is 0 Å². The number of rotatable bonds is 7. The molecule has 3 nitrogen and oxygen atoms in total. The third kappa shape index (κ3) is 6.94. The summed E-state index contributed by atoms with van der Waals surface area (Å²) >= 11 is 0. The number of halogens is 1. The van der Waals surface area contributed by atoms with Gasteiger partial charge in [0.1, 0.15) is 0 Å². The summed E-state index contributed by atoms with van der Waals surface area (Å²) in [7, 11) is 0. The van der Waals surface area contributed by atoms with Crippen LogP contribution in [0.1, 0.15) is 64.2 Å². The molecule has 0 spiro atoms. The first-order valence-electron chi connectivity index (χ1n) is 8.32. The van der Waals surface area contributed by atoms with Gasteiger partial charge in [-0.05, 0) is 57.0 Å². The van der Waals surface area contributed by atoms with Gasteiger partial charge in [0.15, 0.2) is 0 Å². The Morgan fingerprint density at radius 3 is 2.35 bits per heavy atom. The first-order chi connectivity index (χ1) is 9.34.